The minimum atomic E-state index is -0.370. The number of anilines is 2. The first-order valence-electron chi connectivity index (χ1n) is 6.12. The van der Waals surface area contributed by atoms with Gasteiger partial charge in [-0.15, -0.1) is 0 Å². The largest absolute Gasteiger partial charge is 0.361 e. The first-order valence-corrected chi connectivity index (χ1v) is 6.12. The number of hydrogen-bond donors (Lipinski definition) is 3. The smallest absolute Gasteiger partial charge is 0.323 e. The molecule has 0 atom stereocenters. The highest BCUT2D eigenvalue weighted by atomic mass is 19.1. The molecule has 0 aliphatic rings. The minimum absolute atomic E-state index is 0.340. The average Bonchev–Trinajstić information content (AvgIpc) is 2.91. The van der Waals surface area contributed by atoms with Gasteiger partial charge in [-0.05, 0) is 42.5 Å². The molecule has 0 aliphatic carbocycles. The summed E-state index contributed by atoms with van der Waals surface area (Å²) >= 11 is 0. The summed E-state index contributed by atoms with van der Waals surface area (Å²) in [6.07, 6.45) is 1.81. The molecule has 0 unspecified atom stereocenters. The van der Waals surface area contributed by atoms with Crippen LogP contribution in [0.25, 0.3) is 10.9 Å². The zero-order chi connectivity index (χ0) is 13.9. The van der Waals surface area contributed by atoms with E-state index in [4.69, 9.17) is 0 Å². The fourth-order valence-corrected chi connectivity index (χ4v) is 2.01. The lowest BCUT2D eigenvalue weighted by atomic mass is 10.2. The van der Waals surface area contributed by atoms with E-state index in [1.165, 1.54) is 24.3 Å². The van der Waals surface area contributed by atoms with Gasteiger partial charge in [0.2, 0.25) is 0 Å². The molecule has 2 amide bonds. The number of aromatic nitrogens is 1. The monoisotopic (exact) mass is 269 g/mol. The second kappa shape index (κ2) is 5.05. The third kappa shape index (κ3) is 2.47. The minimum Gasteiger partial charge on any atom is -0.361 e. The van der Waals surface area contributed by atoms with Gasteiger partial charge in [0.15, 0.2) is 0 Å². The molecular formula is C15H12FN3O. The number of urea groups is 1. The van der Waals surface area contributed by atoms with Gasteiger partial charge in [0.05, 0.1) is 5.69 Å². The number of halogens is 1. The van der Waals surface area contributed by atoms with Crippen LogP contribution in [0.15, 0.2) is 54.7 Å². The Hall–Kier alpha value is -2.82. The van der Waals surface area contributed by atoms with E-state index in [-0.39, 0.29) is 11.8 Å². The second-order valence-electron chi connectivity index (χ2n) is 4.33. The maximum Gasteiger partial charge on any atom is 0.323 e. The predicted octanol–water partition coefficient (Wildman–Crippen LogP) is 3.95. The molecule has 3 rings (SSSR count). The molecule has 0 saturated heterocycles. The summed E-state index contributed by atoms with van der Waals surface area (Å²) in [6, 6.07) is 12.7. The Balaban J connectivity index is 1.76. The molecule has 3 N–H and O–H groups in total. The van der Waals surface area contributed by atoms with Gasteiger partial charge in [-0.3, -0.25) is 0 Å². The normalized spacial score (nSPS) is 10.4. The molecule has 0 spiro atoms. The lowest BCUT2D eigenvalue weighted by Gasteiger charge is -2.08. The number of nitrogens with one attached hydrogen (secondary N) is 3. The van der Waals surface area contributed by atoms with Gasteiger partial charge in [-0.1, -0.05) is 6.07 Å². The standard InChI is InChI=1S/C15H12FN3O/c16-10-4-6-11(7-5-10)18-15(20)19-14-3-1-2-13-12(14)8-9-17-13/h1-9,17H,(H2,18,19,20). The van der Waals surface area contributed by atoms with Crippen molar-refractivity contribution in [3.8, 4) is 0 Å². The van der Waals surface area contributed by atoms with Gasteiger partial charge < -0.3 is 15.6 Å². The van der Waals surface area contributed by atoms with E-state index in [9.17, 15) is 9.18 Å². The fraction of sp³-hybridized carbons (Fsp3) is 0. The molecule has 0 bridgehead atoms. The number of rotatable bonds is 2. The summed E-state index contributed by atoms with van der Waals surface area (Å²) in [4.78, 5) is 15.0. The van der Waals surface area contributed by atoms with Crippen molar-refractivity contribution < 1.29 is 9.18 Å². The van der Waals surface area contributed by atoms with Crippen LogP contribution in [-0.4, -0.2) is 11.0 Å². The Morgan fingerprint density at radius 1 is 1.00 bits per heavy atom. The number of carbonyl (C=O) groups excluding carboxylic acids is 1. The molecule has 100 valence electrons. The third-order valence-corrected chi connectivity index (χ3v) is 2.95. The molecule has 5 heteroatoms. The Bertz CT molecular complexity index is 749. The Morgan fingerprint density at radius 2 is 1.80 bits per heavy atom. The van der Waals surface area contributed by atoms with Crippen molar-refractivity contribution in [3.05, 3.63) is 60.5 Å². The molecule has 2 aromatic carbocycles. The van der Waals surface area contributed by atoms with Crippen molar-refractivity contribution in [2.45, 2.75) is 0 Å². The van der Waals surface area contributed by atoms with E-state index < -0.39 is 0 Å². The number of aromatic amines is 1. The first-order chi connectivity index (χ1) is 9.72. The van der Waals surface area contributed by atoms with E-state index in [1.807, 2.05) is 30.5 Å². The van der Waals surface area contributed by atoms with Crippen LogP contribution in [0.1, 0.15) is 0 Å². The average molecular weight is 269 g/mol. The van der Waals surface area contributed by atoms with Crippen molar-refractivity contribution in [2.75, 3.05) is 10.6 Å². The summed E-state index contributed by atoms with van der Waals surface area (Å²) in [6.45, 7) is 0. The van der Waals surface area contributed by atoms with Gasteiger partial charge in [0, 0.05) is 22.8 Å². The summed E-state index contributed by atoms with van der Waals surface area (Å²) in [5, 5.41) is 6.35. The maximum atomic E-state index is 12.8. The second-order valence-corrected chi connectivity index (χ2v) is 4.33. The summed E-state index contributed by atoms with van der Waals surface area (Å²) in [7, 11) is 0. The first kappa shape index (κ1) is 12.2. The number of hydrogen-bond acceptors (Lipinski definition) is 1. The van der Waals surface area contributed by atoms with Crippen LogP contribution < -0.4 is 10.6 Å². The zero-order valence-corrected chi connectivity index (χ0v) is 10.5. The van der Waals surface area contributed by atoms with Crippen molar-refractivity contribution in [3.63, 3.8) is 0 Å². The van der Waals surface area contributed by atoms with Crippen LogP contribution in [0.4, 0.5) is 20.6 Å². The van der Waals surface area contributed by atoms with Crippen LogP contribution in [0.2, 0.25) is 0 Å². The number of carbonyl (C=O) groups is 1. The van der Waals surface area contributed by atoms with Crippen LogP contribution in [-0.2, 0) is 0 Å². The lowest BCUT2D eigenvalue weighted by Crippen LogP contribution is -2.19. The third-order valence-electron chi connectivity index (χ3n) is 2.95. The molecule has 0 aliphatic heterocycles. The van der Waals surface area contributed by atoms with Crippen LogP contribution in [0, 0.1) is 5.82 Å². The predicted molar refractivity (Wildman–Crippen MR) is 77.3 cm³/mol. The molecule has 1 heterocycles. The van der Waals surface area contributed by atoms with Gasteiger partial charge in [0.25, 0.3) is 0 Å². The van der Waals surface area contributed by atoms with Gasteiger partial charge in [-0.2, -0.15) is 0 Å². The lowest BCUT2D eigenvalue weighted by molar-refractivity contribution is 0.262. The van der Waals surface area contributed by atoms with Crippen molar-refractivity contribution in [1.29, 1.82) is 0 Å². The van der Waals surface area contributed by atoms with Crippen LogP contribution >= 0.6 is 0 Å². The highest BCUT2D eigenvalue weighted by Crippen LogP contribution is 2.22. The van der Waals surface area contributed by atoms with Crippen LogP contribution in [0.3, 0.4) is 0 Å². The van der Waals surface area contributed by atoms with Crippen molar-refractivity contribution in [1.82, 2.24) is 4.98 Å². The summed E-state index contributed by atoms with van der Waals surface area (Å²) in [5.74, 6) is -0.340. The molecule has 0 fully saturated rings. The van der Waals surface area contributed by atoms with Gasteiger partial charge in [0.1, 0.15) is 5.82 Å². The SMILES string of the molecule is O=C(Nc1ccc(F)cc1)Nc1cccc2[nH]ccc12. The molecule has 3 aromatic rings. The molecule has 4 nitrogen and oxygen atoms in total. The fourth-order valence-electron chi connectivity index (χ4n) is 2.01. The maximum absolute atomic E-state index is 12.8. The highest BCUT2D eigenvalue weighted by molar-refractivity contribution is 6.05. The molecule has 20 heavy (non-hydrogen) atoms. The number of H-pyrrole nitrogens is 1. The molecule has 1 aromatic heterocycles. The highest BCUT2D eigenvalue weighted by Gasteiger charge is 2.06. The van der Waals surface area contributed by atoms with E-state index in [1.54, 1.807) is 0 Å². The van der Waals surface area contributed by atoms with E-state index in [2.05, 4.69) is 15.6 Å². The van der Waals surface area contributed by atoms with E-state index in [0.29, 0.717) is 11.4 Å². The number of fused-ring (bicyclic) bond motifs is 1. The summed E-state index contributed by atoms with van der Waals surface area (Å²) in [5.41, 5.74) is 2.19. The van der Waals surface area contributed by atoms with Crippen molar-refractivity contribution >= 4 is 28.3 Å². The van der Waals surface area contributed by atoms with Gasteiger partial charge >= 0.3 is 6.03 Å². The molecule has 0 saturated carbocycles. The Labute approximate surface area is 114 Å². The topological polar surface area (TPSA) is 56.9 Å². The van der Waals surface area contributed by atoms with Crippen LogP contribution in [0.5, 0.6) is 0 Å². The van der Waals surface area contributed by atoms with E-state index in [0.717, 1.165) is 10.9 Å². The Morgan fingerprint density at radius 3 is 2.60 bits per heavy atom. The molecular weight excluding hydrogens is 257 g/mol. The quantitative estimate of drug-likeness (QED) is 0.648. The van der Waals surface area contributed by atoms with E-state index >= 15 is 0 Å². The Kier molecular flexibility index (Phi) is 3.09. The zero-order valence-electron chi connectivity index (χ0n) is 10.5. The molecule has 0 radical (unpaired) electrons. The van der Waals surface area contributed by atoms with Gasteiger partial charge in [-0.25, -0.2) is 9.18 Å². The summed E-state index contributed by atoms with van der Waals surface area (Å²) < 4.78 is 12.8. The number of amides is 2. The number of benzene rings is 2. The van der Waals surface area contributed by atoms with Crippen molar-refractivity contribution in [2.24, 2.45) is 0 Å².